The second-order valence-corrected chi connectivity index (χ2v) is 5.83. The third kappa shape index (κ3) is 2.83. The predicted molar refractivity (Wildman–Crippen MR) is 75.2 cm³/mol. The molecule has 4 nitrogen and oxygen atoms in total. The summed E-state index contributed by atoms with van der Waals surface area (Å²) in [6, 6.07) is 4.93. The summed E-state index contributed by atoms with van der Waals surface area (Å²) in [6.07, 6.45) is 5.36. The van der Waals surface area contributed by atoms with Crippen LogP contribution < -0.4 is 11.1 Å². The number of carbonyl (C=O) groups is 1. The second kappa shape index (κ2) is 4.76. The van der Waals surface area contributed by atoms with Crippen LogP contribution in [0.3, 0.4) is 0 Å². The van der Waals surface area contributed by atoms with E-state index in [1.54, 1.807) is 18.2 Å². The Morgan fingerprint density at radius 2 is 1.95 bits per heavy atom. The Morgan fingerprint density at radius 1 is 1.32 bits per heavy atom. The summed E-state index contributed by atoms with van der Waals surface area (Å²) in [6.45, 7) is 0.874. The van der Waals surface area contributed by atoms with Gasteiger partial charge in [0.2, 0.25) is 0 Å². The summed E-state index contributed by atoms with van der Waals surface area (Å²) in [5.74, 6) is 1.52. The fraction of sp³-hybridized carbons (Fsp3) is 0.533. The van der Waals surface area contributed by atoms with E-state index >= 15 is 0 Å². The van der Waals surface area contributed by atoms with Crippen molar-refractivity contribution in [2.45, 2.75) is 25.7 Å². The van der Waals surface area contributed by atoms with Crippen LogP contribution in [0.15, 0.2) is 18.2 Å². The first-order chi connectivity index (χ1) is 9.15. The maximum Gasteiger partial charge on any atom is 0.337 e. The maximum atomic E-state index is 11.2. The number of carboxylic acids is 1. The number of rotatable bonds is 6. The molecule has 0 saturated heterocycles. The Kier molecular flexibility index (Phi) is 3.09. The Labute approximate surface area is 113 Å². The minimum absolute atomic E-state index is 0.305. The van der Waals surface area contributed by atoms with Gasteiger partial charge in [-0.2, -0.15) is 0 Å². The number of benzene rings is 1. The fourth-order valence-electron chi connectivity index (χ4n) is 2.89. The Bertz CT molecular complexity index is 481. The molecule has 0 unspecified atom stereocenters. The molecule has 0 bridgehead atoms. The molecule has 19 heavy (non-hydrogen) atoms. The van der Waals surface area contributed by atoms with Gasteiger partial charge in [-0.25, -0.2) is 4.79 Å². The summed E-state index contributed by atoms with van der Waals surface area (Å²) in [5.41, 5.74) is 7.30. The summed E-state index contributed by atoms with van der Waals surface area (Å²) in [4.78, 5) is 11.2. The van der Waals surface area contributed by atoms with E-state index in [4.69, 9.17) is 5.73 Å². The van der Waals surface area contributed by atoms with Gasteiger partial charge in [0.25, 0.3) is 0 Å². The van der Waals surface area contributed by atoms with Gasteiger partial charge >= 0.3 is 5.97 Å². The van der Waals surface area contributed by atoms with Crippen molar-refractivity contribution in [3.05, 3.63) is 23.8 Å². The quantitative estimate of drug-likeness (QED) is 0.687. The monoisotopic (exact) mass is 260 g/mol. The molecule has 0 atom stereocenters. The molecule has 2 fully saturated rings. The van der Waals surface area contributed by atoms with Crippen LogP contribution in [0.25, 0.3) is 0 Å². The van der Waals surface area contributed by atoms with Crippen LogP contribution in [0.2, 0.25) is 0 Å². The van der Waals surface area contributed by atoms with Gasteiger partial charge in [-0.1, -0.05) is 0 Å². The molecule has 0 spiro atoms. The first-order valence-corrected chi connectivity index (χ1v) is 7.02. The average molecular weight is 260 g/mol. The number of nitrogen functional groups attached to an aromatic ring is 1. The molecule has 3 rings (SSSR count). The van der Waals surface area contributed by atoms with Crippen molar-refractivity contribution < 1.29 is 9.90 Å². The highest BCUT2D eigenvalue weighted by Crippen LogP contribution is 2.49. The van der Waals surface area contributed by atoms with Gasteiger partial charge in [0, 0.05) is 12.2 Å². The minimum atomic E-state index is -0.906. The van der Waals surface area contributed by atoms with Crippen molar-refractivity contribution in [3.63, 3.8) is 0 Å². The standard InChI is InChI=1S/C15H20N2O2/c16-11-5-6-12(15(18)19)14(7-11)17-8-13(9-1-2-9)10-3-4-10/h5-7,9-10,13,17H,1-4,8,16H2,(H,18,19). The molecule has 1 aromatic carbocycles. The SMILES string of the molecule is Nc1ccc(C(=O)O)c(NCC(C2CC2)C2CC2)c1. The van der Waals surface area contributed by atoms with Gasteiger partial charge in [-0.3, -0.25) is 0 Å². The minimum Gasteiger partial charge on any atom is -0.478 e. The summed E-state index contributed by atoms with van der Waals surface area (Å²) in [5, 5.41) is 12.5. The molecule has 0 aromatic heterocycles. The number of anilines is 2. The molecular formula is C15H20N2O2. The lowest BCUT2D eigenvalue weighted by Crippen LogP contribution is -2.19. The van der Waals surface area contributed by atoms with Crippen molar-refractivity contribution >= 4 is 17.3 Å². The smallest absolute Gasteiger partial charge is 0.337 e. The van der Waals surface area contributed by atoms with Gasteiger partial charge in [-0.15, -0.1) is 0 Å². The van der Waals surface area contributed by atoms with E-state index in [0.717, 1.165) is 18.4 Å². The van der Waals surface area contributed by atoms with Gasteiger partial charge in [0.05, 0.1) is 11.3 Å². The molecule has 2 aliphatic carbocycles. The van der Waals surface area contributed by atoms with E-state index in [0.29, 0.717) is 22.9 Å². The van der Waals surface area contributed by atoms with E-state index in [1.807, 2.05) is 0 Å². The maximum absolute atomic E-state index is 11.2. The normalized spacial score (nSPS) is 18.6. The molecular weight excluding hydrogens is 240 g/mol. The lowest BCUT2D eigenvalue weighted by atomic mass is 9.97. The van der Waals surface area contributed by atoms with Crippen LogP contribution in [0.1, 0.15) is 36.0 Å². The summed E-state index contributed by atoms with van der Waals surface area (Å²) < 4.78 is 0. The topological polar surface area (TPSA) is 75.4 Å². The van der Waals surface area contributed by atoms with Crippen LogP contribution in [-0.2, 0) is 0 Å². The van der Waals surface area contributed by atoms with Crippen LogP contribution >= 0.6 is 0 Å². The Morgan fingerprint density at radius 3 is 2.47 bits per heavy atom. The van der Waals surface area contributed by atoms with Gasteiger partial charge in [0.1, 0.15) is 0 Å². The van der Waals surface area contributed by atoms with Crippen molar-refractivity contribution in [1.82, 2.24) is 0 Å². The summed E-state index contributed by atoms with van der Waals surface area (Å²) >= 11 is 0. The number of nitrogens with two attached hydrogens (primary N) is 1. The first kappa shape index (κ1) is 12.3. The van der Waals surface area contributed by atoms with Gasteiger partial charge in [0.15, 0.2) is 0 Å². The largest absolute Gasteiger partial charge is 0.478 e. The molecule has 0 amide bonds. The van der Waals surface area contributed by atoms with E-state index in [1.165, 1.54) is 25.7 Å². The average Bonchev–Trinajstić information content (AvgIpc) is 3.24. The third-order valence-electron chi connectivity index (χ3n) is 4.26. The lowest BCUT2D eigenvalue weighted by molar-refractivity contribution is 0.0698. The summed E-state index contributed by atoms with van der Waals surface area (Å²) in [7, 11) is 0. The Balaban J connectivity index is 1.71. The molecule has 102 valence electrons. The zero-order valence-corrected chi connectivity index (χ0v) is 10.9. The zero-order valence-electron chi connectivity index (χ0n) is 10.9. The zero-order chi connectivity index (χ0) is 13.4. The Hall–Kier alpha value is -1.71. The van der Waals surface area contributed by atoms with Crippen LogP contribution in [0.4, 0.5) is 11.4 Å². The van der Waals surface area contributed by atoms with Gasteiger partial charge < -0.3 is 16.2 Å². The fourth-order valence-corrected chi connectivity index (χ4v) is 2.89. The second-order valence-electron chi connectivity index (χ2n) is 5.83. The molecule has 4 heteroatoms. The van der Waals surface area contributed by atoms with Crippen molar-refractivity contribution in [2.24, 2.45) is 17.8 Å². The van der Waals surface area contributed by atoms with Crippen molar-refractivity contribution in [2.75, 3.05) is 17.6 Å². The van der Waals surface area contributed by atoms with E-state index < -0.39 is 5.97 Å². The molecule has 0 aliphatic heterocycles. The highest BCUT2D eigenvalue weighted by atomic mass is 16.4. The number of nitrogens with one attached hydrogen (secondary N) is 1. The lowest BCUT2D eigenvalue weighted by Gasteiger charge is -2.18. The number of aromatic carboxylic acids is 1. The number of hydrogen-bond acceptors (Lipinski definition) is 3. The molecule has 2 aliphatic rings. The van der Waals surface area contributed by atoms with Crippen LogP contribution in [0.5, 0.6) is 0 Å². The molecule has 0 heterocycles. The molecule has 0 radical (unpaired) electrons. The van der Waals surface area contributed by atoms with E-state index in [9.17, 15) is 9.90 Å². The van der Waals surface area contributed by atoms with E-state index in [-0.39, 0.29) is 0 Å². The van der Waals surface area contributed by atoms with E-state index in [2.05, 4.69) is 5.32 Å². The highest BCUT2D eigenvalue weighted by molar-refractivity contribution is 5.95. The first-order valence-electron chi connectivity index (χ1n) is 7.02. The third-order valence-corrected chi connectivity index (χ3v) is 4.26. The number of hydrogen-bond donors (Lipinski definition) is 3. The van der Waals surface area contributed by atoms with Crippen LogP contribution in [0, 0.1) is 17.8 Å². The van der Waals surface area contributed by atoms with Crippen molar-refractivity contribution in [3.8, 4) is 0 Å². The molecule has 1 aromatic rings. The highest BCUT2D eigenvalue weighted by Gasteiger charge is 2.41. The predicted octanol–water partition coefficient (Wildman–Crippen LogP) is 2.82. The number of carboxylic acid groups (broad SMARTS) is 1. The van der Waals surface area contributed by atoms with Gasteiger partial charge in [-0.05, 0) is 61.6 Å². The van der Waals surface area contributed by atoms with Crippen molar-refractivity contribution in [1.29, 1.82) is 0 Å². The van der Waals surface area contributed by atoms with Crippen LogP contribution in [-0.4, -0.2) is 17.6 Å². The molecule has 2 saturated carbocycles. The molecule has 4 N–H and O–H groups in total.